The Bertz CT molecular complexity index is 1440. The van der Waals surface area contributed by atoms with E-state index < -0.39 is 12.2 Å². The Morgan fingerprint density at radius 1 is 1.10 bits per heavy atom. The Hall–Kier alpha value is -1.98. The van der Waals surface area contributed by atoms with Crippen molar-refractivity contribution in [1.82, 2.24) is 20.2 Å². The van der Waals surface area contributed by atoms with E-state index in [1.807, 2.05) is 17.2 Å². The summed E-state index contributed by atoms with van der Waals surface area (Å²) in [6, 6.07) is 14.6. The second-order valence-electron chi connectivity index (χ2n) is 16.9. The van der Waals surface area contributed by atoms with Gasteiger partial charge in [-0.25, -0.2) is 0 Å². The van der Waals surface area contributed by atoms with Crippen molar-refractivity contribution in [3.8, 4) is 5.75 Å². The maximum Gasteiger partial charge on any atom is 0.120 e. The Morgan fingerprint density at radius 3 is 2.44 bits per heavy atom. The molecule has 50 heavy (non-hydrogen) atoms. The number of hydroxylamine groups is 2. The van der Waals surface area contributed by atoms with Gasteiger partial charge in [-0.15, -0.1) is 0 Å². The van der Waals surface area contributed by atoms with Crippen molar-refractivity contribution in [2.24, 2.45) is 35.0 Å². The zero-order chi connectivity index (χ0) is 36.5. The number of nitrogens with one attached hydrogen (secondary N) is 1. The molecule has 278 valence electrons. The lowest BCUT2D eigenvalue weighted by Gasteiger charge is -2.62. The molecule has 0 amide bonds. The van der Waals surface area contributed by atoms with E-state index in [-0.39, 0.29) is 24.6 Å². The fourth-order valence-corrected chi connectivity index (χ4v) is 9.81. The van der Waals surface area contributed by atoms with Gasteiger partial charge in [-0.3, -0.25) is 9.74 Å². The summed E-state index contributed by atoms with van der Waals surface area (Å²) in [6.45, 7) is 20.7. The highest BCUT2D eigenvalue weighted by Gasteiger charge is 2.57. The van der Waals surface area contributed by atoms with E-state index in [9.17, 15) is 15.3 Å². The summed E-state index contributed by atoms with van der Waals surface area (Å²) in [6.07, 6.45) is 2.27. The summed E-state index contributed by atoms with van der Waals surface area (Å²) < 4.78 is 0.951. The van der Waals surface area contributed by atoms with Gasteiger partial charge in [0.15, 0.2) is 0 Å². The molecule has 0 radical (unpaired) electrons. The number of phenols is 1. The number of fused-ring (bicyclic) bond motifs is 2. The van der Waals surface area contributed by atoms with E-state index >= 15 is 0 Å². The van der Waals surface area contributed by atoms with Gasteiger partial charge < -0.3 is 25.5 Å². The minimum atomic E-state index is -0.680. The van der Waals surface area contributed by atoms with E-state index in [0.29, 0.717) is 48.0 Å². The van der Waals surface area contributed by atoms with Crippen LogP contribution in [0.5, 0.6) is 5.75 Å². The van der Waals surface area contributed by atoms with Gasteiger partial charge in [-0.1, -0.05) is 81.4 Å². The number of hydrogen-bond donors (Lipinski definition) is 4. The molecule has 3 saturated carbocycles. The van der Waals surface area contributed by atoms with Gasteiger partial charge in [-0.2, -0.15) is 5.06 Å². The van der Waals surface area contributed by atoms with Crippen LogP contribution in [0, 0.1) is 35.0 Å². The molecule has 2 aromatic carbocycles. The van der Waals surface area contributed by atoms with Gasteiger partial charge in [0, 0.05) is 59.9 Å². The van der Waals surface area contributed by atoms with Gasteiger partial charge in [-0.05, 0) is 98.7 Å². The fourth-order valence-electron chi connectivity index (χ4n) is 9.40. The lowest BCUT2D eigenvalue weighted by atomic mass is 9.44. The molecule has 3 aliphatic carbocycles. The molecular formula is C41H63BrN4O4. The van der Waals surface area contributed by atoms with E-state index in [2.05, 4.69) is 111 Å². The summed E-state index contributed by atoms with van der Waals surface area (Å²) in [5.41, 5.74) is 4.43. The average molecular weight is 756 g/mol. The zero-order valence-electron chi connectivity index (χ0n) is 31.6. The van der Waals surface area contributed by atoms with Crippen LogP contribution in [-0.4, -0.2) is 87.8 Å². The molecule has 1 heterocycles. The van der Waals surface area contributed by atoms with Crippen LogP contribution in [0.15, 0.2) is 59.2 Å². The van der Waals surface area contributed by atoms with Crippen LogP contribution in [0.3, 0.4) is 0 Å². The maximum absolute atomic E-state index is 11.0. The van der Waals surface area contributed by atoms with Gasteiger partial charge in [0.05, 0.1) is 18.8 Å². The summed E-state index contributed by atoms with van der Waals surface area (Å²) in [5, 5.41) is 37.9. The van der Waals surface area contributed by atoms with Crippen molar-refractivity contribution in [2.75, 3.05) is 27.2 Å². The number of aliphatic hydroxyl groups excluding tert-OH is 2. The molecule has 4 aliphatic rings. The van der Waals surface area contributed by atoms with E-state index in [0.717, 1.165) is 53.1 Å². The second-order valence-corrected chi connectivity index (χ2v) is 17.9. The standard InChI is InChI=1S/C41H63BrN4O4/c1-25(2)15-34(23-44(8)9)45(22-31-17-33(42)13-14-37(31)49)20-29-11-10-12-30(16-29)21-46-40(39(28(5)48)38(24-47)50-46)27(4)43-36-19-32-18-35(26(36)3)41(32,6)7/h10-14,16-17,25-26,28,32,34-36,38-40,43,47-49H,4,15,18-24H2,1-3,5-9H3/t26-,28-,32+,34-,35-,36-,38-,39+,40+/m0/s1. The van der Waals surface area contributed by atoms with Crippen molar-refractivity contribution in [3.63, 3.8) is 0 Å². The normalized spacial score (nSPS) is 29.0. The van der Waals surface area contributed by atoms with Crippen LogP contribution in [0.25, 0.3) is 0 Å². The molecule has 2 bridgehead atoms. The van der Waals surface area contributed by atoms with Crippen LogP contribution in [-0.2, 0) is 24.5 Å². The first kappa shape index (κ1) is 39.2. The number of benzene rings is 2. The van der Waals surface area contributed by atoms with Crippen LogP contribution < -0.4 is 5.32 Å². The highest BCUT2D eigenvalue weighted by molar-refractivity contribution is 9.10. The molecule has 0 unspecified atom stereocenters. The van der Waals surface area contributed by atoms with Crippen molar-refractivity contribution in [2.45, 2.75) is 111 Å². The summed E-state index contributed by atoms with van der Waals surface area (Å²) >= 11 is 3.60. The lowest BCUT2D eigenvalue weighted by Crippen LogP contribution is -2.60. The molecule has 0 aromatic heterocycles. The molecule has 1 aliphatic heterocycles. The molecule has 1 saturated heterocycles. The average Bonchev–Trinajstić information content (AvgIpc) is 3.41. The van der Waals surface area contributed by atoms with E-state index in [1.165, 1.54) is 12.0 Å². The first-order chi connectivity index (χ1) is 23.6. The van der Waals surface area contributed by atoms with Gasteiger partial charge in [0.2, 0.25) is 0 Å². The zero-order valence-corrected chi connectivity index (χ0v) is 33.2. The molecule has 8 nitrogen and oxygen atoms in total. The summed E-state index contributed by atoms with van der Waals surface area (Å²) in [7, 11) is 4.24. The Balaban J connectivity index is 1.37. The third-order valence-corrected chi connectivity index (χ3v) is 12.7. The largest absolute Gasteiger partial charge is 0.508 e. The number of halogens is 1. The molecule has 2 aromatic rings. The summed E-state index contributed by atoms with van der Waals surface area (Å²) in [5.74, 6) is 2.46. The summed E-state index contributed by atoms with van der Waals surface area (Å²) in [4.78, 5) is 11.2. The van der Waals surface area contributed by atoms with Crippen LogP contribution >= 0.6 is 15.9 Å². The van der Waals surface area contributed by atoms with Crippen LogP contribution in [0.2, 0.25) is 0 Å². The molecule has 4 N–H and O–H groups in total. The van der Waals surface area contributed by atoms with Crippen molar-refractivity contribution in [1.29, 1.82) is 0 Å². The predicted molar refractivity (Wildman–Crippen MR) is 205 cm³/mol. The van der Waals surface area contributed by atoms with Gasteiger partial charge in [0.1, 0.15) is 11.9 Å². The number of likely N-dealkylation sites (N-methyl/N-ethyl adjacent to an activating group) is 1. The Labute approximate surface area is 310 Å². The number of aliphatic hydroxyl groups is 2. The molecule has 4 fully saturated rings. The smallest absolute Gasteiger partial charge is 0.120 e. The predicted octanol–water partition coefficient (Wildman–Crippen LogP) is 6.78. The second kappa shape index (κ2) is 16.4. The molecule has 6 rings (SSSR count). The van der Waals surface area contributed by atoms with Crippen LogP contribution in [0.1, 0.15) is 77.5 Å². The van der Waals surface area contributed by atoms with Gasteiger partial charge >= 0.3 is 0 Å². The van der Waals surface area contributed by atoms with Crippen molar-refractivity contribution in [3.05, 3.63) is 75.9 Å². The SMILES string of the molecule is C=C(N[C@H]1C[C@H]2C[C@@H]([C@@H]1C)C2(C)C)[C@@H]1[C@H]([C@H](C)O)[C@H](CO)ON1Cc1cccc(CN(Cc2cc(Br)ccc2O)[C@@H](CC(C)C)CN(C)C)c1. The van der Waals surface area contributed by atoms with E-state index in [4.69, 9.17) is 4.84 Å². The van der Waals surface area contributed by atoms with E-state index in [1.54, 1.807) is 13.0 Å². The van der Waals surface area contributed by atoms with Gasteiger partial charge in [0.25, 0.3) is 0 Å². The lowest BCUT2D eigenvalue weighted by molar-refractivity contribution is -0.175. The third-order valence-electron chi connectivity index (χ3n) is 12.2. The number of phenolic OH excluding ortho intramolecular Hbond substituents is 1. The quantitative estimate of drug-likeness (QED) is 0.149. The number of rotatable bonds is 16. The number of nitrogens with zero attached hydrogens (tertiary/aromatic N) is 3. The molecule has 9 atom stereocenters. The minimum Gasteiger partial charge on any atom is -0.508 e. The molecular weight excluding hydrogens is 692 g/mol. The first-order valence-corrected chi connectivity index (χ1v) is 19.5. The van der Waals surface area contributed by atoms with Crippen molar-refractivity contribution >= 4 is 15.9 Å². The minimum absolute atomic E-state index is 0.172. The van der Waals surface area contributed by atoms with Crippen LogP contribution in [0.4, 0.5) is 0 Å². The maximum atomic E-state index is 11.0. The third kappa shape index (κ3) is 8.79. The Kier molecular flexibility index (Phi) is 12.8. The Morgan fingerprint density at radius 2 is 1.82 bits per heavy atom. The highest BCUT2D eigenvalue weighted by Crippen LogP contribution is 2.61. The molecule has 9 heteroatoms. The number of hydrogen-bond acceptors (Lipinski definition) is 8. The monoisotopic (exact) mass is 754 g/mol. The molecule has 0 spiro atoms. The number of aromatic hydroxyl groups is 1. The topological polar surface area (TPSA) is 91.7 Å². The van der Waals surface area contributed by atoms with Crippen molar-refractivity contribution < 1.29 is 20.2 Å². The highest BCUT2D eigenvalue weighted by atomic mass is 79.9. The first-order valence-electron chi connectivity index (χ1n) is 18.7. The fraction of sp³-hybridized carbons (Fsp3) is 0.659.